The summed E-state index contributed by atoms with van der Waals surface area (Å²) < 4.78 is 21.6. The molecule has 1 aliphatic heterocycles. The zero-order chi connectivity index (χ0) is 18.4. The van der Waals surface area contributed by atoms with Gasteiger partial charge in [-0.05, 0) is 41.5 Å². The number of hydrogen-bond acceptors (Lipinski definition) is 5. The average molecular weight is 355 g/mol. The standard InChI is InChI=1S/C20H21NO5/c1-23-16-6-3-14(4-7-16)13-21-19(22)8-5-15-11-17(24-2)20-18(12-15)25-9-10-26-20/h3-8,11-12H,9-10,13H2,1-2H3,(H,21,22)/b8-5+. The van der Waals surface area contributed by atoms with Gasteiger partial charge in [0.2, 0.25) is 11.7 Å². The molecule has 0 saturated heterocycles. The van der Waals surface area contributed by atoms with Gasteiger partial charge in [0.05, 0.1) is 14.2 Å². The highest BCUT2D eigenvalue weighted by Gasteiger charge is 2.17. The van der Waals surface area contributed by atoms with Crippen LogP contribution in [0, 0.1) is 0 Å². The van der Waals surface area contributed by atoms with E-state index in [9.17, 15) is 4.79 Å². The third-order valence-corrected chi connectivity index (χ3v) is 3.90. The van der Waals surface area contributed by atoms with Crippen LogP contribution in [0.1, 0.15) is 11.1 Å². The maximum Gasteiger partial charge on any atom is 0.244 e. The molecule has 2 aromatic carbocycles. The fraction of sp³-hybridized carbons (Fsp3) is 0.250. The highest BCUT2D eigenvalue weighted by molar-refractivity contribution is 5.91. The topological polar surface area (TPSA) is 66.0 Å². The van der Waals surface area contributed by atoms with Crippen molar-refractivity contribution in [1.29, 1.82) is 0 Å². The van der Waals surface area contributed by atoms with Gasteiger partial charge in [0.1, 0.15) is 19.0 Å². The highest BCUT2D eigenvalue weighted by atomic mass is 16.6. The smallest absolute Gasteiger partial charge is 0.244 e. The number of ether oxygens (including phenoxy) is 4. The molecule has 1 aliphatic rings. The summed E-state index contributed by atoms with van der Waals surface area (Å²) in [5.41, 5.74) is 1.79. The monoisotopic (exact) mass is 355 g/mol. The molecule has 0 spiro atoms. The van der Waals surface area contributed by atoms with Crippen molar-refractivity contribution in [3.63, 3.8) is 0 Å². The molecule has 0 aromatic heterocycles. The number of carbonyl (C=O) groups excluding carboxylic acids is 1. The second-order valence-corrected chi connectivity index (χ2v) is 5.65. The Morgan fingerprint density at radius 2 is 1.88 bits per heavy atom. The van der Waals surface area contributed by atoms with E-state index >= 15 is 0 Å². The van der Waals surface area contributed by atoms with Crippen LogP contribution >= 0.6 is 0 Å². The van der Waals surface area contributed by atoms with Gasteiger partial charge >= 0.3 is 0 Å². The van der Waals surface area contributed by atoms with Crippen LogP contribution in [0.2, 0.25) is 0 Å². The van der Waals surface area contributed by atoms with Gasteiger partial charge in [-0.1, -0.05) is 12.1 Å². The third-order valence-electron chi connectivity index (χ3n) is 3.90. The van der Waals surface area contributed by atoms with Crippen LogP contribution in [0.5, 0.6) is 23.0 Å². The summed E-state index contributed by atoms with van der Waals surface area (Å²) in [6.45, 7) is 1.43. The van der Waals surface area contributed by atoms with E-state index < -0.39 is 0 Å². The number of rotatable bonds is 6. The van der Waals surface area contributed by atoms with E-state index in [1.54, 1.807) is 26.4 Å². The lowest BCUT2D eigenvalue weighted by atomic mass is 10.1. The maximum atomic E-state index is 12.0. The van der Waals surface area contributed by atoms with Crippen LogP contribution in [0.15, 0.2) is 42.5 Å². The van der Waals surface area contributed by atoms with Gasteiger partial charge in [-0.3, -0.25) is 4.79 Å². The Morgan fingerprint density at radius 1 is 1.12 bits per heavy atom. The van der Waals surface area contributed by atoms with Gasteiger partial charge in [0.15, 0.2) is 11.5 Å². The molecule has 0 bridgehead atoms. The van der Waals surface area contributed by atoms with Crippen molar-refractivity contribution < 1.29 is 23.7 Å². The van der Waals surface area contributed by atoms with E-state index in [0.717, 1.165) is 16.9 Å². The van der Waals surface area contributed by atoms with Crippen LogP contribution in [0.4, 0.5) is 0 Å². The first-order valence-corrected chi connectivity index (χ1v) is 8.26. The van der Waals surface area contributed by atoms with Crippen molar-refractivity contribution in [1.82, 2.24) is 5.32 Å². The largest absolute Gasteiger partial charge is 0.497 e. The number of nitrogens with one attached hydrogen (secondary N) is 1. The van der Waals surface area contributed by atoms with Crippen molar-refractivity contribution >= 4 is 12.0 Å². The fourth-order valence-corrected chi connectivity index (χ4v) is 2.55. The average Bonchev–Trinajstić information content (AvgIpc) is 2.70. The van der Waals surface area contributed by atoms with Gasteiger partial charge in [-0.15, -0.1) is 0 Å². The van der Waals surface area contributed by atoms with Gasteiger partial charge in [0, 0.05) is 12.6 Å². The molecule has 1 amide bonds. The lowest BCUT2D eigenvalue weighted by Gasteiger charge is -2.20. The second kappa shape index (κ2) is 8.29. The SMILES string of the molecule is COc1ccc(CNC(=O)/C=C/c2cc(OC)c3c(c2)OCCO3)cc1. The molecule has 0 aliphatic carbocycles. The minimum absolute atomic E-state index is 0.185. The number of fused-ring (bicyclic) bond motifs is 1. The van der Waals surface area contributed by atoms with Gasteiger partial charge < -0.3 is 24.3 Å². The summed E-state index contributed by atoms with van der Waals surface area (Å²) in [4.78, 5) is 12.0. The van der Waals surface area contributed by atoms with Crippen molar-refractivity contribution in [3.05, 3.63) is 53.6 Å². The molecular formula is C20H21NO5. The van der Waals surface area contributed by atoms with E-state index in [2.05, 4.69) is 5.32 Å². The lowest BCUT2D eigenvalue weighted by molar-refractivity contribution is -0.116. The molecule has 2 aromatic rings. The lowest BCUT2D eigenvalue weighted by Crippen LogP contribution is -2.20. The molecule has 6 nitrogen and oxygen atoms in total. The van der Waals surface area contributed by atoms with Crippen LogP contribution < -0.4 is 24.3 Å². The molecule has 0 fully saturated rings. The van der Waals surface area contributed by atoms with Crippen LogP contribution in [-0.2, 0) is 11.3 Å². The number of hydrogen-bond donors (Lipinski definition) is 1. The summed E-state index contributed by atoms with van der Waals surface area (Å²) in [5, 5.41) is 2.84. The summed E-state index contributed by atoms with van der Waals surface area (Å²) >= 11 is 0. The highest BCUT2D eigenvalue weighted by Crippen LogP contribution is 2.40. The first kappa shape index (κ1) is 17.7. The fourth-order valence-electron chi connectivity index (χ4n) is 2.55. The predicted octanol–water partition coefficient (Wildman–Crippen LogP) is 2.80. The zero-order valence-electron chi connectivity index (χ0n) is 14.8. The van der Waals surface area contributed by atoms with Crippen LogP contribution in [0.25, 0.3) is 6.08 Å². The number of methoxy groups -OCH3 is 2. The first-order chi connectivity index (χ1) is 12.7. The molecule has 1 heterocycles. The van der Waals surface area contributed by atoms with E-state index in [1.165, 1.54) is 6.08 Å². The minimum atomic E-state index is -0.185. The molecule has 6 heteroatoms. The molecule has 1 N–H and O–H groups in total. The van der Waals surface area contributed by atoms with Crippen LogP contribution in [0.3, 0.4) is 0 Å². The molecule has 0 unspecified atom stereocenters. The normalized spacial score (nSPS) is 12.7. The second-order valence-electron chi connectivity index (χ2n) is 5.65. The molecule has 0 radical (unpaired) electrons. The molecule has 136 valence electrons. The van der Waals surface area contributed by atoms with Crippen molar-refractivity contribution in [2.75, 3.05) is 27.4 Å². The molecule has 3 rings (SSSR count). The maximum absolute atomic E-state index is 12.0. The Labute approximate surface area is 152 Å². The molecule has 0 atom stereocenters. The third kappa shape index (κ3) is 4.27. The molecule has 26 heavy (non-hydrogen) atoms. The zero-order valence-corrected chi connectivity index (χ0v) is 14.8. The quantitative estimate of drug-likeness (QED) is 0.807. The van der Waals surface area contributed by atoms with Gasteiger partial charge in [0.25, 0.3) is 0 Å². The summed E-state index contributed by atoms with van der Waals surface area (Å²) in [6, 6.07) is 11.2. The Kier molecular flexibility index (Phi) is 5.63. The van der Waals surface area contributed by atoms with Gasteiger partial charge in [-0.2, -0.15) is 0 Å². The minimum Gasteiger partial charge on any atom is -0.497 e. The van der Waals surface area contributed by atoms with E-state index in [-0.39, 0.29) is 5.91 Å². The van der Waals surface area contributed by atoms with Crippen LogP contribution in [-0.4, -0.2) is 33.3 Å². The van der Waals surface area contributed by atoms with E-state index in [0.29, 0.717) is 37.0 Å². The van der Waals surface area contributed by atoms with E-state index in [4.69, 9.17) is 18.9 Å². The van der Waals surface area contributed by atoms with Gasteiger partial charge in [-0.25, -0.2) is 0 Å². The summed E-state index contributed by atoms with van der Waals surface area (Å²) in [6.07, 6.45) is 3.19. The number of benzene rings is 2. The summed E-state index contributed by atoms with van der Waals surface area (Å²) in [7, 11) is 3.19. The summed E-state index contributed by atoms with van der Waals surface area (Å²) in [5.74, 6) is 2.40. The Morgan fingerprint density at radius 3 is 2.62 bits per heavy atom. The Hall–Kier alpha value is -3.15. The molecule has 0 saturated carbocycles. The van der Waals surface area contributed by atoms with Crippen molar-refractivity contribution in [3.8, 4) is 23.0 Å². The Bertz CT molecular complexity index is 781. The molecular weight excluding hydrogens is 334 g/mol. The first-order valence-electron chi connectivity index (χ1n) is 8.26. The number of carbonyl (C=O) groups is 1. The van der Waals surface area contributed by atoms with E-state index in [1.807, 2.05) is 30.3 Å². The van der Waals surface area contributed by atoms with Crippen molar-refractivity contribution in [2.45, 2.75) is 6.54 Å². The Balaban J connectivity index is 1.62. The predicted molar refractivity (Wildman–Crippen MR) is 97.9 cm³/mol. The number of amides is 1. The van der Waals surface area contributed by atoms with Crippen molar-refractivity contribution in [2.24, 2.45) is 0 Å².